The lowest BCUT2D eigenvalue weighted by Crippen LogP contribution is -2.43. The maximum atomic E-state index is 12.1. The molecule has 20 heavy (non-hydrogen) atoms. The first-order valence-corrected chi connectivity index (χ1v) is 8.75. The summed E-state index contributed by atoms with van der Waals surface area (Å²) in [6, 6.07) is 0. The Morgan fingerprint density at radius 1 is 1.20 bits per heavy atom. The van der Waals surface area contributed by atoms with Crippen molar-refractivity contribution in [1.82, 2.24) is 4.90 Å². The number of carbonyl (C=O) groups is 1. The average molecular weight is 307 g/mol. The molecule has 0 bridgehead atoms. The maximum Gasteiger partial charge on any atom is 0.410 e. The van der Waals surface area contributed by atoms with Crippen molar-refractivity contribution in [1.29, 1.82) is 0 Å². The maximum absolute atomic E-state index is 12.1. The number of nitrogens with zero attached hydrogens (tertiary/aromatic N) is 1. The number of hydrogen-bond acceptors (Lipinski definition) is 5. The Kier molecular flexibility index (Phi) is 5.82. The standard InChI is InChI=1S/C13H25NO5S/c1-13(2,3)18-12(15)14-9-7-5-6-8-11(10-14)19-20(4,16)17/h11H,5-10H2,1-4H3. The first kappa shape index (κ1) is 17.2. The summed E-state index contributed by atoms with van der Waals surface area (Å²) < 4.78 is 32.9. The van der Waals surface area contributed by atoms with Crippen molar-refractivity contribution in [2.75, 3.05) is 19.3 Å². The van der Waals surface area contributed by atoms with Crippen LogP contribution in [-0.2, 0) is 19.0 Å². The third kappa shape index (κ3) is 7.09. The number of carbonyl (C=O) groups excluding carboxylic acids is 1. The fourth-order valence-corrected chi connectivity index (χ4v) is 2.75. The summed E-state index contributed by atoms with van der Waals surface area (Å²) in [7, 11) is -3.51. The molecule has 1 fully saturated rings. The summed E-state index contributed by atoms with van der Waals surface area (Å²) in [5, 5.41) is 0. The minimum atomic E-state index is -3.51. The van der Waals surface area contributed by atoms with Gasteiger partial charge in [0.2, 0.25) is 0 Å². The van der Waals surface area contributed by atoms with E-state index in [1.165, 1.54) is 0 Å². The van der Waals surface area contributed by atoms with Gasteiger partial charge in [-0.3, -0.25) is 4.18 Å². The molecule has 1 rings (SSSR count). The average Bonchev–Trinajstić information content (AvgIpc) is 2.17. The van der Waals surface area contributed by atoms with Crippen molar-refractivity contribution >= 4 is 16.2 Å². The molecule has 1 atom stereocenters. The summed E-state index contributed by atoms with van der Waals surface area (Å²) >= 11 is 0. The van der Waals surface area contributed by atoms with E-state index in [4.69, 9.17) is 8.92 Å². The van der Waals surface area contributed by atoms with Crippen LogP contribution < -0.4 is 0 Å². The van der Waals surface area contributed by atoms with Gasteiger partial charge in [-0.1, -0.05) is 12.8 Å². The molecule has 0 aliphatic carbocycles. The van der Waals surface area contributed by atoms with E-state index in [0.29, 0.717) is 13.0 Å². The number of likely N-dealkylation sites (tertiary alicyclic amines) is 1. The van der Waals surface area contributed by atoms with Crippen LogP contribution in [0.2, 0.25) is 0 Å². The summed E-state index contributed by atoms with van der Waals surface area (Å²) in [4.78, 5) is 13.6. The predicted molar refractivity (Wildman–Crippen MR) is 76.0 cm³/mol. The second-order valence-electron chi connectivity index (χ2n) is 6.20. The van der Waals surface area contributed by atoms with Crippen LogP contribution in [0.15, 0.2) is 0 Å². The molecule has 0 N–H and O–H groups in total. The zero-order chi connectivity index (χ0) is 15.4. The predicted octanol–water partition coefficient (Wildman–Crippen LogP) is 2.14. The molecule has 0 aromatic carbocycles. The van der Waals surface area contributed by atoms with Crippen LogP contribution in [0, 0.1) is 0 Å². The van der Waals surface area contributed by atoms with Crippen molar-refractivity contribution in [2.24, 2.45) is 0 Å². The number of ether oxygens (including phenoxy) is 1. The van der Waals surface area contributed by atoms with Gasteiger partial charge in [-0.2, -0.15) is 8.42 Å². The highest BCUT2D eigenvalue weighted by molar-refractivity contribution is 7.86. The molecule has 0 spiro atoms. The molecular formula is C13H25NO5S. The quantitative estimate of drug-likeness (QED) is 0.731. The molecule has 1 unspecified atom stereocenters. The minimum absolute atomic E-state index is 0.252. The zero-order valence-corrected chi connectivity index (χ0v) is 13.5. The van der Waals surface area contributed by atoms with Crippen LogP contribution in [0.5, 0.6) is 0 Å². The number of amides is 1. The third-order valence-electron chi connectivity index (χ3n) is 2.84. The normalized spacial score (nSPS) is 22.0. The second-order valence-corrected chi connectivity index (χ2v) is 7.80. The van der Waals surface area contributed by atoms with Gasteiger partial charge >= 0.3 is 6.09 Å². The van der Waals surface area contributed by atoms with Crippen molar-refractivity contribution in [3.05, 3.63) is 0 Å². The third-order valence-corrected chi connectivity index (χ3v) is 3.46. The molecule has 0 saturated carbocycles. The van der Waals surface area contributed by atoms with Gasteiger partial charge in [0, 0.05) is 6.54 Å². The molecule has 1 aliphatic heterocycles. The van der Waals surface area contributed by atoms with Gasteiger partial charge in [0.15, 0.2) is 0 Å². The Labute approximate surface area is 121 Å². The van der Waals surface area contributed by atoms with Crippen molar-refractivity contribution in [3.63, 3.8) is 0 Å². The van der Waals surface area contributed by atoms with Crippen LogP contribution in [-0.4, -0.2) is 50.5 Å². The first-order valence-electron chi connectivity index (χ1n) is 6.93. The molecule has 1 saturated heterocycles. The molecule has 7 heteroatoms. The summed E-state index contributed by atoms with van der Waals surface area (Å²) in [5.74, 6) is 0. The number of rotatable bonds is 2. The van der Waals surface area contributed by atoms with Gasteiger partial charge in [0.25, 0.3) is 10.1 Å². The highest BCUT2D eigenvalue weighted by atomic mass is 32.2. The van der Waals surface area contributed by atoms with Crippen LogP contribution in [0.3, 0.4) is 0 Å². The second kappa shape index (κ2) is 6.76. The molecule has 0 aromatic rings. The molecule has 1 heterocycles. The summed E-state index contributed by atoms with van der Waals surface area (Å²) in [6.07, 6.45) is 3.51. The fourth-order valence-electron chi connectivity index (χ4n) is 2.10. The van der Waals surface area contributed by atoms with Gasteiger partial charge in [-0.15, -0.1) is 0 Å². The van der Waals surface area contributed by atoms with Crippen LogP contribution in [0.25, 0.3) is 0 Å². The molecule has 1 amide bonds. The topological polar surface area (TPSA) is 72.9 Å². The molecule has 118 valence electrons. The van der Waals surface area contributed by atoms with Crippen molar-refractivity contribution in [2.45, 2.75) is 58.2 Å². The highest BCUT2D eigenvalue weighted by Gasteiger charge is 2.27. The Balaban J connectivity index is 2.70. The van der Waals surface area contributed by atoms with Gasteiger partial charge in [-0.25, -0.2) is 4.79 Å². The van der Waals surface area contributed by atoms with Gasteiger partial charge in [0.1, 0.15) is 5.60 Å². The van der Waals surface area contributed by atoms with E-state index >= 15 is 0 Å². The molecular weight excluding hydrogens is 282 g/mol. The summed E-state index contributed by atoms with van der Waals surface area (Å²) in [6.45, 7) is 6.23. The molecule has 1 aliphatic rings. The fraction of sp³-hybridized carbons (Fsp3) is 0.923. The Hall–Kier alpha value is -0.820. The van der Waals surface area contributed by atoms with Crippen LogP contribution in [0.4, 0.5) is 4.79 Å². The lowest BCUT2D eigenvalue weighted by atomic mass is 10.1. The van der Waals surface area contributed by atoms with Crippen molar-refractivity contribution in [3.8, 4) is 0 Å². The van der Waals surface area contributed by atoms with E-state index in [9.17, 15) is 13.2 Å². The number of hydrogen-bond donors (Lipinski definition) is 0. The van der Waals surface area contributed by atoms with E-state index in [2.05, 4.69) is 0 Å². The van der Waals surface area contributed by atoms with Crippen molar-refractivity contribution < 1.29 is 22.1 Å². The van der Waals surface area contributed by atoms with Crippen LogP contribution >= 0.6 is 0 Å². The smallest absolute Gasteiger partial charge is 0.410 e. The zero-order valence-electron chi connectivity index (χ0n) is 12.7. The van der Waals surface area contributed by atoms with Gasteiger partial charge in [-0.05, 0) is 33.6 Å². The van der Waals surface area contributed by atoms with Gasteiger partial charge < -0.3 is 9.64 Å². The molecule has 0 radical (unpaired) electrons. The monoisotopic (exact) mass is 307 g/mol. The Morgan fingerprint density at radius 2 is 1.85 bits per heavy atom. The molecule has 6 nitrogen and oxygen atoms in total. The van der Waals surface area contributed by atoms with Crippen LogP contribution in [0.1, 0.15) is 46.5 Å². The first-order chi connectivity index (χ1) is 9.07. The SMILES string of the molecule is CC(C)(C)OC(=O)N1CCCCCC(OS(C)(=O)=O)C1. The molecule has 0 aromatic heterocycles. The van der Waals surface area contributed by atoms with Gasteiger partial charge in [0.05, 0.1) is 18.9 Å². The van der Waals surface area contributed by atoms with E-state index in [0.717, 1.165) is 25.5 Å². The largest absolute Gasteiger partial charge is 0.444 e. The lowest BCUT2D eigenvalue weighted by molar-refractivity contribution is 0.0143. The lowest BCUT2D eigenvalue weighted by Gasteiger charge is -2.31. The summed E-state index contributed by atoms with van der Waals surface area (Å²) in [5.41, 5.74) is -0.563. The van der Waals surface area contributed by atoms with E-state index < -0.39 is 27.9 Å². The Bertz CT molecular complexity index is 427. The van der Waals surface area contributed by atoms with E-state index in [1.54, 1.807) is 25.7 Å². The highest BCUT2D eigenvalue weighted by Crippen LogP contribution is 2.18. The van der Waals surface area contributed by atoms with E-state index in [1.807, 2.05) is 0 Å². The van der Waals surface area contributed by atoms with E-state index in [-0.39, 0.29) is 6.54 Å². The Morgan fingerprint density at radius 3 is 2.40 bits per heavy atom. The minimum Gasteiger partial charge on any atom is -0.444 e.